The molecule has 1 aromatic rings. The monoisotopic (exact) mass is 268 g/mol. The zero-order valence-corrected chi connectivity index (χ0v) is 10.4. The van der Waals surface area contributed by atoms with Gasteiger partial charge in [-0.3, -0.25) is 0 Å². The van der Waals surface area contributed by atoms with Gasteiger partial charge in [-0.2, -0.15) is 0 Å². The van der Waals surface area contributed by atoms with E-state index in [0.29, 0.717) is 5.41 Å². The van der Waals surface area contributed by atoms with Crippen molar-refractivity contribution in [3.05, 3.63) is 18.4 Å². The second kappa shape index (κ2) is 5.40. The second-order valence-electron chi connectivity index (χ2n) is 4.99. The Labute approximate surface area is 109 Å². The van der Waals surface area contributed by atoms with Crippen LogP contribution in [0.3, 0.4) is 0 Å². The quantitative estimate of drug-likeness (QED) is 0.751. The van der Waals surface area contributed by atoms with Crippen LogP contribution in [-0.4, -0.2) is 51.7 Å². The molecule has 2 fully saturated rings. The van der Waals surface area contributed by atoms with Crippen LogP contribution in [0, 0.1) is 5.41 Å². The first kappa shape index (κ1) is 13.5. The van der Waals surface area contributed by atoms with Crippen molar-refractivity contribution in [2.75, 3.05) is 19.6 Å². The first-order chi connectivity index (χ1) is 9.01. The van der Waals surface area contributed by atoms with E-state index in [9.17, 15) is 0 Å². The lowest BCUT2D eigenvalue weighted by Crippen LogP contribution is -2.22. The second-order valence-corrected chi connectivity index (χ2v) is 4.99. The molecule has 7 nitrogen and oxygen atoms in total. The summed E-state index contributed by atoms with van der Waals surface area (Å²) in [5.74, 6) is -2.73. The highest BCUT2D eigenvalue weighted by molar-refractivity contribution is 6.27. The van der Waals surface area contributed by atoms with E-state index in [2.05, 4.69) is 9.88 Å². The Morgan fingerprint density at radius 1 is 1.32 bits per heavy atom. The van der Waals surface area contributed by atoms with Crippen LogP contribution in [0.1, 0.15) is 18.7 Å². The maximum Gasteiger partial charge on any atom is 0.414 e. The number of carbonyl (C=O) groups is 2. The Morgan fingerprint density at radius 3 is 2.32 bits per heavy atom. The fourth-order valence-corrected chi connectivity index (χ4v) is 2.71. The Hall–Kier alpha value is -1.89. The lowest BCUT2D eigenvalue weighted by atomic mass is 9.81. The van der Waals surface area contributed by atoms with Gasteiger partial charge in [0.1, 0.15) is 6.26 Å². The number of aromatic nitrogens is 1. The average Bonchev–Trinajstić information content (AvgIpc) is 3.06. The Kier molecular flexibility index (Phi) is 3.84. The molecule has 0 radical (unpaired) electrons. The summed E-state index contributed by atoms with van der Waals surface area (Å²) in [5, 5.41) is 14.8. The van der Waals surface area contributed by atoms with Gasteiger partial charge >= 0.3 is 11.9 Å². The predicted molar refractivity (Wildman–Crippen MR) is 63.6 cm³/mol. The van der Waals surface area contributed by atoms with E-state index in [1.165, 1.54) is 32.5 Å². The number of carboxylic acid groups (broad SMARTS) is 2. The summed E-state index contributed by atoms with van der Waals surface area (Å²) in [6.45, 7) is 3.82. The normalized spacial score (nSPS) is 27.7. The molecule has 0 amide bonds. The summed E-state index contributed by atoms with van der Waals surface area (Å²) in [6, 6.07) is 0. The van der Waals surface area contributed by atoms with Crippen molar-refractivity contribution in [2.45, 2.75) is 19.3 Å². The van der Waals surface area contributed by atoms with Gasteiger partial charge < -0.3 is 19.5 Å². The van der Waals surface area contributed by atoms with Crippen LogP contribution >= 0.6 is 0 Å². The molecular weight excluding hydrogens is 252 g/mol. The molecule has 104 valence electrons. The van der Waals surface area contributed by atoms with Gasteiger partial charge in [-0.1, -0.05) is 0 Å². The molecule has 0 spiro atoms. The minimum Gasteiger partial charge on any atom is -0.473 e. The third-order valence-electron chi connectivity index (χ3n) is 3.67. The van der Waals surface area contributed by atoms with Crippen molar-refractivity contribution in [1.29, 1.82) is 0 Å². The minimum atomic E-state index is -1.82. The maximum atomic E-state index is 9.10. The van der Waals surface area contributed by atoms with Gasteiger partial charge in [0, 0.05) is 13.0 Å². The number of nitrogens with zero attached hydrogens (tertiary/aromatic N) is 2. The van der Waals surface area contributed by atoms with Gasteiger partial charge in [-0.25, -0.2) is 14.6 Å². The predicted octanol–water partition coefficient (Wildman–Crippen LogP) is 0.468. The van der Waals surface area contributed by atoms with Crippen LogP contribution in [0.4, 0.5) is 0 Å². The molecule has 7 heteroatoms. The van der Waals surface area contributed by atoms with E-state index in [0.717, 1.165) is 12.3 Å². The molecule has 0 aromatic carbocycles. The number of hydrogen-bond donors (Lipinski definition) is 2. The molecule has 2 N–H and O–H groups in total. The summed E-state index contributed by atoms with van der Waals surface area (Å²) >= 11 is 0. The van der Waals surface area contributed by atoms with Gasteiger partial charge in [0.2, 0.25) is 0 Å². The van der Waals surface area contributed by atoms with Crippen LogP contribution in [0.15, 0.2) is 16.9 Å². The molecule has 0 aliphatic carbocycles. The van der Waals surface area contributed by atoms with E-state index in [1.54, 1.807) is 12.5 Å². The van der Waals surface area contributed by atoms with Crippen molar-refractivity contribution < 1.29 is 24.2 Å². The van der Waals surface area contributed by atoms with E-state index < -0.39 is 11.9 Å². The van der Waals surface area contributed by atoms with E-state index in [-0.39, 0.29) is 0 Å². The Morgan fingerprint density at radius 2 is 1.95 bits per heavy atom. The number of carboxylic acids is 2. The molecule has 2 bridgehead atoms. The van der Waals surface area contributed by atoms with E-state index in [4.69, 9.17) is 24.2 Å². The third kappa shape index (κ3) is 3.31. The van der Waals surface area contributed by atoms with Gasteiger partial charge in [0.15, 0.2) is 5.89 Å². The van der Waals surface area contributed by atoms with Gasteiger partial charge in [-0.15, -0.1) is 0 Å². The van der Waals surface area contributed by atoms with Crippen LogP contribution in [0.25, 0.3) is 0 Å². The molecule has 0 saturated carbocycles. The molecule has 2 aliphatic rings. The van der Waals surface area contributed by atoms with E-state index in [1.807, 2.05) is 0 Å². The summed E-state index contributed by atoms with van der Waals surface area (Å²) < 4.78 is 5.31. The SMILES string of the molecule is O=C(O)C(=O)O.c1coc(CC23CCN(CC2)C3)n1. The number of hydrogen-bond acceptors (Lipinski definition) is 5. The van der Waals surface area contributed by atoms with Crippen molar-refractivity contribution in [3.8, 4) is 0 Å². The molecule has 3 heterocycles. The summed E-state index contributed by atoms with van der Waals surface area (Å²) in [6.07, 6.45) is 7.11. The van der Waals surface area contributed by atoms with Crippen LogP contribution in [0.5, 0.6) is 0 Å². The van der Waals surface area contributed by atoms with Crippen molar-refractivity contribution >= 4 is 11.9 Å². The number of fused-ring (bicyclic) bond motifs is 2. The number of rotatable bonds is 2. The van der Waals surface area contributed by atoms with Crippen LogP contribution in [0.2, 0.25) is 0 Å². The topological polar surface area (TPSA) is 104 Å². The highest BCUT2D eigenvalue weighted by atomic mass is 16.4. The van der Waals surface area contributed by atoms with Crippen molar-refractivity contribution in [1.82, 2.24) is 9.88 Å². The van der Waals surface area contributed by atoms with Crippen molar-refractivity contribution in [2.24, 2.45) is 5.41 Å². The highest BCUT2D eigenvalue weighted by Gasteiger charge is 2.44. The average molecular weight is 268 g/mol. The molecule has 1 aromatic heterocycles. The summed E-state index contributed by atoms with van der Waals surface area (Å²) in [4.78, 5) is 24.9. The Bertz CT molecular complexity index is 437. The number of piperidine rings is 1. The smallest absolute Gasteiger partial charge is 0.414 e. The summed E-state index contributed by atoms with van der Waals surface area (Å²) in [7, 11) is 0. The largest absolute Gasteiger partial charge is 0.473 e. The molecule has 0 unspecified atom stereocenters. The van der Waals surface area contributed by atoms with Crippen LogP contribution < -0.4 is 0 Å². The number of aliphatic carboxylic acids is 2. The fraction of sp³-hybridized carbons (Fsp3) is 0.583. The first-order valence-electron chi connectivity index (χ1n) is 6.08. The van der Waals surface area contributed by atoms with Gasteiger partial charge in [-0.05, 0) is 31.3 Å². The Balaban J connectivity index is 0.000000192. The minimum absolute atomic E-state index is 0.505. The third-order valence-corrected chi connectivity index (χ3v) is 3.67. The lowest BCUT2D eigenvalue weighted by molar-refractivity contribution is -0.159. The summed E-state index contributed by atoms with van der Waals surface area (Å²) in [5.41, 5.74) is 0.505. The van der Waals surface area contributed by atoms with Gasteiger partial charge in [0.05, 0.1) is 6.20 Å². The molecule has 19 heavy (non-hydrogen) atoms. The standard InChI is InChI=1S/C10H14N2O.C2H2O4/c1-4-12-5-2-10(1,8-12)7-9-11-3-6-13-9;3-1(4)2(5)6/h3,6H,1-2,4-5,7-8H2;(H,3,4)(H,5,6). The molecule has 2 aliphatic heterocycles. The zero-order chi connectivity index (χ0) is 13.9. The number of oxazole rings is 1. The van der Waals surface area contributed by atoms with E-state index >= 15 is 0 Å². The molecule has 3 rings (SSSR count). The van der Waals surface area contributed by atoms with Crippen molar-refractivity contribution in [3.63, 3.8) is 0 Å². The maximum absolute atomic E-state index is 9.10. The van der Waals surface area contributed by atoms with Crippen LogP contribution in [-0.2, 0) is 16.0 Å². The first-order valence-corrected chi connectivity index (χ1v) is 6.08. The lowest BCUT2D eigenvalue weighted by Gasteiger charge is -2.22. The molecular formula is C12H16N2O5. The molecule has 0 atom stereocenters. The van der Waals surface area contributed by atoms with Gasteiger partial charge in [0.25, 0.3) is 0 Å². The fourth-order valence-electron chi connectivity index (χ4n) is 2.71. The highest BCUT2D eigenvalue weighted by Crippen LogP contribution is 2.42. The zero-order valence-electron chi connectivity index (χ0n) is 10.4. The molecule has 2 saturated heterocycles.